The van der Waals surface area contributed by atoms with Crippen molar-refractivity contribution in [2.24, 2.45) is 0 Å². The average molecular weight is 387 g/mol. The Morgan fingerprint density at radius 3 is 2.32 bits per heavy atom. The van der Waals surface area contributed by atoms with Gasteiger partial charge >= 0.3 is 0 Å². The first kappa shape index (κ1) is 19.7. The van der Waals surface area contributed by atoms with E-state index in [0.29, 0.717) is 40.9 Å². The zero-order chi connectivity index (χ0) is 20.3. The number of carbonyl (C=O) groups excluding carboxylic acids is 1. The van der Waals surface area contributed by atoms with E-state index in [1.54, 1.807) is 18.2 Å². The molecule has 0 radical (unpaired) electrons. The molecule has 2 aromatic rings. The maximum atomic E-state index is 12.9. The highest BCUT2D eigenvalue weighted by Crippen LogP contribution is 2.40. The van der Waals surface area contributed by atoms with Gasteiger partial charge in [-0.25, -0.2) is 0 Å². The van der Waals surface area contributed by atoms with Crippen LogP contribution in [0.25, 0.3) is 0 Å². The maximum absolute atomic E-state index is 12.9. The van der Waals surface area contributed by atoms with Crippen LogP contribution in [-0.2, 0) is 6.42 Å². The number of methoxy groups -OCH3 is 3. The van der Waals surface area contributed by atoms with Crippen LogP contribution in [0.3, 0.4) is 0 Å². The van der Waals surface area contributed by atoms with Crippen LogP contribution in [0.5, 0.6) is 28.7 Å². The number of hydrogen-bond donors (Lipinski definition) is 1. The molecule has 1 aliphatic rings. The molecular weight excluding hydrogens is 362 g/mol. The lowest BCUT2D eigenvalue weighted by atomic mass is 10.1. The first-order valence-corrected chi connectivity index (χ1v) is 9.08. The number of nitrogens with one attached hydrogen (secondary N) is 1. The lowest BCUT2D eigenvalue weighted by Gasteiger charge is -2.16. The number of hydrogen-bond acceptors (Lipinski definition) is 6. The van der Waals surface area contributed by atoms with Gasteiger partial charge in [-0.05, 0) is 32.0 Å². The van der Waals surface area contributed by atoms with Crippen molar-refractivity contribution in [1.82, 2.24) is 0 Å². The number of ether oxygens (including phenoxy) is 5. The minimum Gasteiger partial charge on any atom is -0.493 e. The summed E-state index contributed by atoms with van der Waals surface area (Å²) in [5.41, 5.74) is 1.99. The summed E-state index contributed by atoms with van der Waals surface area (Å²) in [5.74, 6) is 2.28. The Balaban J connectivity index is 1.94. The summed E-state index contributed by atoms with van der Waals surface area (Å²) in [6.45, 7) is 4.40. The fraction of sp³-hybridized carbons (Fsp3) is 0.381. The Bertz CT molecular complexity index is 854. The fourth-order valence-corrected chi connectivity index (χ4v) is 3.22. The Hall–Kier alpha value is -3.09. The summed E-state index contributed by atoms with van der Waals surface area (Å²) in [5, 5.41) is 2.90. The van der Waals surface area contributed by atoms with Crippen LogP contribution in [0.15, 0.2) is 24.3 Å². The van der Waals surface area contributed by atoms with E-state index in [-0.39, 0.29) is 12.0 Å². The molecule has 1 heterocycles. The molecule has 0 fully saturated rings. The first-order chi connectivity index (χ1) is 13.5. The summed E-state index contributed by atoms with van der Waals surface area (Å²) in [4.78, 5) is 12.9. The molecule has 1 atom stereocenters. The number of carbonyl (C=O) groups is 1. The smallest absolute Gasteiger partial charge is 0.256 e. The van der Waals surface area contributed by atoms with Crippen LogP contribution in [0.2, 0.25) is 0 Å². The van der Waals surface area contributed by atoms with Crippen LogP contribution in [0, 0.1) is 0 Å². The fourth-order valence-electron chi connectivity index (χ4n) is 3.22. The largest absolute Gasteiger partial charge is 0.493 e. The van der Waals surface area contributed by atoms with Crippen molar-refractivity contribution < 1.29 is 28.5 Å². The number of benzene rings is 2. The molecule has 28 heavy (non-hydrogen) atoms. The van der Waals surface area contributed by atoms with E-state index in [1.807, 2.05) is 19.9 Å². The summed E-state index contributed by atoms with van der Waals surface area (Å²) < 4.78 is 27.5. The standard InChI is InChI=1S/C21H25NO6/c1-6-27-17-8-13-7-12(2)28-16(13)11-15(17)22-21(23)14-9-18(24-3)20(26-5)19(10-14)25-4/h8-12H,6-7H2,1-5H3,(H,22,23)/t12-/m0/s1. The van der Waals surface area contributed by atoms with Gasteiger partial charge in [-0.3, -0.25) is 4.79 Å². The zero-order valence-electron chi connectivity index (χ0n) is 16.8. The number of fused-ring (bicyclic) bond motifs is 1. The molecule has 0 bridgehead atoms. The summed E-state index contributed by atoms with van der Waals surface area (Å²) >= 11 is 0. The van der Waals surface area contributed by atoms with Crippen LogP contribution in [0.4, 0.5) is 5.69 Å². The molecule has 3 rings (SSSR count). The molecule has 7 nitrogen and oxygen atoms in total. The van der Waals surface area contributed by atoms with E-state index in [0.717, 1.165) is 17.7 Å². The van der Waals surface area contributed by atoms with Gasteiger partial charge in [0.25, 0.3) is 5.91 Å². The van der Waals surface area contributed by atoms with E-state index in [1.165, 1.54) is 21.3 Å². The minimum absolute atomic E-state index is 0.102. The molecule has 0 spiro atoms. The Morgan fingerprint density at radius 1 is 1.07 bits per heavy atom. The molecule has 1 amide bonds. The highest BCUT2D eigenvalue weighted by atomic mass is 16.5. The SMILES string of the molecule is CCOc1cc2c(cc1NC(=O)c1cc(OC)c(OC)c(OC)c1)O[C@@H](C)C2. The third kappa shape index (κ3) is 3.78. The van der Waals surface area contributed by atoms with Gasteiger partial charge in [0.15, 0.2) is 11.5 Å². The molecule has 0 unspecified atom stereocenters. The third-order valence-corrected chi connectivity index (χ3v) is 4.47. The van der Waals surface area contributed by atoms with Crippen molar-refractivity contribution in [2.75, 3.05) is 33.3 Å². The predicted molar refractivity (Wildman–Crippen MR) is 105 cm³/mol. The number of anilines is 1. The van der Waals surface area contributed by atoms with Crippen molar-refractivity contribution in [2.45, 2.75) is 26.4 Å². The van der Waals surface area contributed by atoms with Gasteiger partial charge in [0, 0.05) is 23.6 Å². The van der Waals surface area contributed by atoms with Crippen LogP contribution < -0.4 is 29.0 Å². The Morgan fingerprint density at radius 2 is 1.75 bits per heavy atom. The molecule has 0 aromatic heterocycles. The van der Waals surface area contributed by atoms with E-state index >= 15 is 0 Å². The molecule has 1 aliphatic heterocycles. The first-order valence-electron chi connectivity index (χ1n) is 9.08. The third-order valence-electron chi connectivity index (χ3n) is 4.47. The van der Waals surface area contributed by atoms with Gasteiger partial charge in [-0.2, -0.15) is 0 Å². The molecule has 0 aliphatic carbocycles. The minimum atomic E-state index is -0.328. The monoisotopic (exact) mass is 387 g/mol. The molecule has 2 aromatic carbocycles. The van der Waals surface area contributed by atoms with Crippen molar-refractivity contribution >= 4 is 11.6 Å². The van der Waals surface area contributed by atoms with E-state index < -0.39 is 0 Å². The Kier molecular flexibility index (Phi) is 5.82. The molecule has 7 heteroatoms. The lowest BCUT2D eigenvalue weighted by Crippen LogP contribution is -2.14. The van der Waals surface area contributed by atoms with Crippen molar-refractivity contribution in [1.29, 1.82) is 0 Å². The second-order valence-electron chi connectivity index (χ2n) is 6.39. The van der Waals surface area contributed by atoms with Gasteiger partial charge in [0.1, 0.15) is 17.6 Å². The number of rotatable bonds is 7. The Labute approximate surface area is 164 Å². The van der Waals surface area contributed by atoms with Gasteiger partial charge in [-0.15, -0.1) is 0 Å². The molecule has 150 valence electrons. The quantitative estimate of drug-likeness (QED) is 0.781. The van der Waals surface area contributed by atoms with E-state index in [4.69, 9.17) is 23.7 Å². The van der Waals surface area contributed by atoms with E-state index in [9.17, 15) is 4.79 Å². The van der Waals surface area contributed by atoms with Crippen LogP contribution in [0.1, 0.15) is 29.8 Å². The second-order valence-corrected chi connectivity index (χ2v) is 6.39. The predicted octanol–water partition coefficient (Wildman–Crippen LogP) is 3.69. The maximum Gasteiger partial charge on any atom is 0.256 e. The summed E-state index contributed by atoms with van der Waals surface area (Å²) in [6.07, 6.45) is 0.918. The van der Waals surface area contributed by atoms with Crippen molar-refractivity contribution in [3.63, 3.8) is 0 Å². The van der Waals surface area contributed by atoms with Crippen LogP contribution in [-0.4, -0.2) is 39.9 Å². The molecule has 0 saturated heterocycles. The summed E-state index contributed by atoms with van der Waals surface area (Å²) in [7, 11) is 4.52. The van der Waals surface area contributed by atoms with Gasteiger partial charge in [0.2, 0.25) is 5.75 Å². The van der Waals surface area contributed by atoms with Gasteiger partial charge in [0.05, 0.1) is 33.6 Å². The molecule has 0 saturated carbocycles. The zero-order valence-corrected chi connectivity index (χ0v) is 16.8. The van der Waals surface area contributed by atoms with Crippen molar-refractivity contribution in [3.05, 3.63) is 35.4 Å². The van der Waals surface area contributed by atoms with Crippen LogP contribution >= 0.6 is 0 Å². The molecule has 1 N–H and O–H groups in total. The highest BCUT2D eigenvalue weighted by Gasteiger charge is 2.23. The number of amides is 1. The van der Waals surface area contributed by atoms with Crippen molar-refractivity contribution in [3.8, 4) is 28.7 Å². The highest BCUT2D eigenvalue weighted by molar-refractivity contribution is 6.06. The van der Waals surface area contributed by atoms with E-state index in [2.05, 4.69) is 5.32 Å². The lowest BCUT2D eigenvalue weighted by molar-refractivity contribution is 0.102. The summed E-state index contributed by atoms with van der Waals surface area (Å²) in [6, 6.07) is 6.93. The topological polar surface area (TPSA) is 75.3 Å². The van der Waals surface area contributed by atoms with Gasteiger partial charge < -0.3 is 29.0 Å². The van der Waals surface area contributed by atoms with Gasteiger partial charge in [-0.1, -0.05) is 0 Å². The average Bonchev–Trinajstić information content (AvgIpc) is 3.05. The second kappa shape index (κ2) is 8.29. The molecular formula is C21H25NO6. The normalized spacial score (nSPS) is 14.7.